The lowest BCUT2D eigenvalue weighted by atomic mass is 10.2. The van der Waals surface area contributed by atoms with E-state index in [9.17, 15) is 0 Å². The van der Waals surface area contributed by atoms with Crippen LogP contribution in [0.5, 0.6) is 0 Å². The van der Waals surface area contributed by atoms with Crippen molar-refractivity contribution < 1.29 is 9.15 Å². The largest absolute Gasteiger partial charge is 0.468 e. The quantitative estimate of drug-likeness (QED) is 0.820. The Balaban J connectivity index is 1.80. The van der Waals surface area contributed by atoms with E-state index in [0.29, 0.717) is 13.2 Å². The SMILES string of the molecule is CCNCc1occc1COCc1cccs1. The summed E-state index contributed by atoms with van der Waals surface area (Å²) in [5, 5.41) is 5.31. The van der Waals surface area contributed by atoms with Gasteiger partial charge in [0.25, 0.3) is 0 Å². The minimum atomic E-state index is 0.606. The highest BCUT2D eigenvalue weighted by molar-refractivity contribution is 7.09. The fraction of sp³-hybridized carbons (Fsp3) is 0.385. The van der Waals surface area contributed by atoms with Crippen molar-refractivity contribution in [1.29, 1.82) is 0 Å². The molecule has 2 aromatic heterocycles. The van der Waals surface area contributed by atoms with Crippen LogP contribution in [0, 0.1) is 0 Å². The third-order valence-electron chi connectivity index (χ3n) is 2.46. The average molecular weight is 251 g/mol. The molecular formula is C13H17NO2S. The Hall–Kier alpha value is -1.10. The number of hydrogen-bond donors (Lipinski definition) is 1. The molecule has 2 rings (SSSR count). The Morgan fingerprint density at radius 2 is 2.29 bits per heavy atom. The molecule has 0 fully saturated rings. The van der Waals surface area contributed by atoms with Crippen molar-refractivity contribution >= 4 is 11.3 Å². The molecule has 0 aromatic carbocycles. The topological polar surface area (TPSA) is 34.4 Å². The number of thiophene rings is 1. The van der Waals surface area contributed by atoms with Crippen LogP contribution >= 0.6 is 11.3 Å². The second-order valence-corrected chi connectivity index (χ2v) is 4.75. The fourth-order valence-electron chi connectivity index (χ4n) is 1.55. The first-order valence-electron chi connectivity index (χ1n) is 5.76. The molecule has 2 aromatic rings. The van der Waals surface area contributed by atoms with Gasteiger partial charge in [0.15, 0.2) is 0 Å². The van der Waals surface area contributed by atoms with Crippen molar-refractivity contribution in [1.82, 2.24) is 5.32 Å². The smallest absolute Gasteiger partial charge is 0.123 e. The van der Waals surface area contributed by atoms with Crippen LogP contribution in [0.2, 0.25) is 0 Å². The van der Waals surface area contributed by atoms with Crippen LogP contribution < -0.4 is 5.32 Å². The van der Waals surface area contributed by atoms with Gasteiger partial charge in [0.1, 0.15) is 5.76 Å². The molecule has 92 valence electrons. The summed E-state index contributed by atoms with van der Waals surface area (Å²) in [7, 11) is 0. The Kier molecular flexibility index (Phi) is 4.79. The molecule has 0 amide bonds. The van der Waals surface area contributed by atoms with Crippen molar-refractivity contribution in [2.75, 3.05) is 6.54 Å². The zero-order valence-corrected chi connectivity index (χ0v) is 10.8. The van der Waals surface area contributed by atoms with Crippen molar-refractivity contribution in [2.45, 2.75) is 26.7 Å². The molecule has 0 radical (unpaired) electrons. The molecule has 1 N–H and O–H groups in total. The molecule has 0 unspecified atom stereocenters. The van der Waals surface area contributed by atoms with Gasteiger partial charge in [0, 0.05) is 10.4 Å². The minimum Gasteiger partial charge on any atom is -0.468 e. The van der Waals surface area contributed by atoms with Gasteiger partial charge in [-0.2, -0.15) is 0 Å². The summed E-state index contributed by atoms with van der Waals surface area (Å²) in [4.78, 5) is 1.25. The van der Waals surface area contributed by atoms with Gasteiger partial charge in [-0.15, -0.1) is 11.3 Å². The molecule has 2 heterocycles. The predicted molar refractivity (Wildman–Crippen MR) is 68.9 cm³/mol. The van der Waals surface area contributed by atoms with E-state index in [0.717, 1.165) is 24.4 Å². The maximum atomic E-state index is 5.67. The lowest BCUT2D eigenvalue weighted by molar-refractivity contribution is 0.108. The van der Waals surface area contributed by atoms with Crippen LogP contribution in [-0.4, -0.2) is 6.54 Å². The van der Waals surface area contributed by atoms with E-state index in [2.05, 4.69) is 23.7 Å². The van der Waals surface area contributed by atoms with E-state index in [1.54, 1.807) is 17.6 Å². The number of hydrogen-bond acceptors (Lipinski definition) is 4. The Labute approximate surface area is 105 Å². The van der Waals surface area contributed by atoms with Crippen LogP contribution in [-0.2, 0) is 24.5 Å². The summed E-state index contributed by atoms with van der Waals surface area (Å²) in [5.41, 5.74) is 1.13. The van der Waals surface area contributed by atoms with Gasteiger partial charge < -0.3 is 14.5 Å². The average Bonchev–Trinajstić information content (AvgIpc) is 2.98. The summed E-state index contributed by atoms with van der Waals surface area (Å²) in [6, 6.07) is 6.10. The van der Waals surface area contributed by atoms with E-state index in [1.165, 1.54) is 4.88 Å². The summed E-state index contributed by atoms with van der Waals surface area (Å²) in [5.74, 6) is 0.970. The number of ether oxygens (including phenoxy) is 1. The first-order valence-corrected chi connectivity index (χ1v) is 6.64. The van der Waals surface area contributed by atoms with Gasteiger partial charge >= 0.3 is 0 Å². The predicted octanol–water partition coefficient (Wildman–Crippen LogP) is 3.17. The van der Waals surface area contributed by atoms with Gasteiger partial charge in [-0.25, -0.2) is 0 Å². The van der Waals surface area contributed by atoms with Gasteiger partial charge in [-0.3, -0.25) is 0 Å². The highest BCUT2D eigenvalue weighted by atomic mass is 32.1. The first kappa shape index (κ1) is 12.4. The molecule has 3 nitrogen and oxygen atoms in total. The monoisotopic (exact) mass is 251 g/mol. The second kappa shape index (κ2) is 6.59. The summed E-state index contributed by atoms with van der Waals surface area (Å²) < 4.78 is 11.1. The molecule has 4 heteroatoms. The zero-order chi connectivity index (χ0) is 11.9. The normalized spacial score (nSPS) is 10.9. The molecule has 0 atom stereocenters. The van der Waals surface area contributed by atoms with Crippen LogP contribution in [0.1, 0.15) is 23.1 Å². The summed E-state index contributed by atoms with van der Waals surface area (Å²) in [6.07, 6.45) is 1.72. The maximum Gasteiger partial charge on any atom is 0.123 e. The zero-order valence-electron chi connectivity index (χ0n) is 9.94. The van der Waals surface area contributed by atoms with E-state index in [4.69, 9.17) is 9.15 Å². The molecule has 0 saturated carbocycles. The maximum absolute atomic E-state index is 5.67. The van der Waals surface area contributed by atoms with Crippen LogP contribution in [0.25, 0.3) is 0 Å². The summed E-state index contributed by atoms with van der Waals surface area (Å²) in [6.45, 7) is 5.06. The standard InChI is InChI=1S/C13H17NO2S/c1-2-14-8-13-11(5-6-16-13)9-15-10-12-4-3-7-17-12/h3-7,14H,2,8-10H2,1H3. The number of nitrogens with one attached hydrogen (secondary N) is 1. The van der Waals surface area contributed by atoms with E-state index in [-0.39, 0.29) is 0 Å². The van der Waals surface area contributed by atoms with E-state index >= 15 is 0 Å². The molecule has 0 saturated heterocycles. The Bertz CT molecular complexity index is 422. The van der Waals surface area contributed by atoms with Crippen molar-refractivity contribution in [3.05, 3.63) is 46.0 Å². The van der Waals surface area contributed by atoms with Crippen molar-refractivity contribution in [3.63, 3.8) is 0 Å². The van der Waals surface area contributed by atoms with Crippen LogP contribution in [0.3, 0.4) is 0 Å². The van der Waals surface area contributed by atoms with Crippen LogP contribution in [0.4, 0.5) is 0 Å². The lowest BCUT2D eigenvalue weighted by Crippen LogP contribution is -2.12. The molecular weight excluding hydrogens is 234 g/mol. The highest BCUT2D eigenvalue weighted by Crippen LogP contribution is 2.14. The fourth-order valence-corrected chi connectivity index (χ4v) is 2.19. The van der Waals surface area contributed by atoms with E-state index in [1.807, 2.05) is 12.1 Å². The highest BCUT2D eigenvalue weighted by Gasteiger charge is 2.05. The lowest BCUT2D eigenvalue weighted by Gasteiger charge is -2.04. The molecule has 0 aliphatic carbocycles. The Morgan fingerprint density at radius 3 is 3.06 bits per heavy atom. The number of furan rings is 1. The molecule has 0 bridgehead atoms. The molecule has 0 aliphatic heterocycles. The van der Waals surface area contributed by atoms with Gasteiger partial charge in [0.05, 0.1) is 26.0 Å². The van der Waals surface area contributed by atoms with Gasteiger partial charge in [-0.05, 0) is 24.1 Å². The minimum absolute atomic E-state index is 0.606. The Morgan fingerprint density at radius 1 is 1.35 bits per heavy atom. The third-order valence-corrected chi connectivity index (χ3v) is 3.31. The second-order valence-electron chi connectivity index (χ2n) is 3.72. The van der Waals surface area contributed by atoms with E-state index < -0.39 is 0 Å². The van der Waals surface area contributed by atoms with Crippen LogP contribution in [0.15, 0.2) is 34.3 Å². The van der Waals surface area contributed by atoms with Crippen molar-refractivity contribution in [2.24, 2.45) is 0 Å². The molecule has 17 heavy (non-hydrogen) atoms. The summed E-state index contributed by atoms with van der Waals surface area (Å²) >= 11 is 1.72. The van der Waals surface area contributed by atoms with Gasteiger partial charge in [-0.1, -0.05) is 13.0 Å². The third kappa shape index (κ3) is 3.70. The first-order chi connectivity index (χ1) is 8.40. The number of rotatable bonds is 7. The van der Waals surface area contributed by atoms with Gasteiger partial charge in [0.2, 0.25) is 0 Å². The molecule has 0 spiro atoms. The molecule has 0 aliphatic rings. The van der Waals surface area contributed by atoms with Crippen molar-refractivity contribution in [3.8, 4) is 0 Å².